The number of rotatable bonds is 4. The highest BCUT2D eigenvalue weighted by molar-refractivity contribution is 4.87. The van der Waals surface area contributed by atoms with Crippen molar-refractivity contribution in [3.63, 3.8) is 0 Å². The first-order valence-corrected chi connectivity index (χ1v) is 3.33. The Morgan fingerprint density at radius 1 is 1.73 bits per heavy atom. The minimum atomic E-state index is 0.578. The van der Waals surface area contributed by atoms with Crippen LogP contribution in [0.15, 0.2) is 10.9 Å². The number of nitrogens with one attached hydrogen (secondary N) is 1. The lowest BCUT2D eigenvalue weighted by atomic mass is 10.4. The SMILES string of the molecule is C#CCNCCc1ncno1. The van der Waals surface area contributed by atoms with Gasteiger partial charge in [-0.25, -0.2) is 0 Å². The van der Waals surface area contributed by atoms with E-state index in [-0.39, 0.29) is 0 Å². The molecule has 4 heteroatoms. The van der Waals surface area contributed by atoms with Crippen molar-refractivity contribution in [3.05, 3.63) is 12.2 Å². The molecule has 1 heterocycles. The van der Waals surface area contributed by atoms with Gasteiger partial charge in [-0.15, -0.1) is 6.42 Å². The van der Waals surface area contributed by atoms with E-state index in [4.69, 9.17) is 10.9 Å². The van der Waals surface area contributed by atoms with E-state index in [1.54, 1.807) is 0 Å². The van der Waals surface area contributed by atoms with Gasteiger partial charge >= 0.3 is 0 Å². The minimum absolute atomic E-state index is 0.578. The molecule has 0 radical (unpaired) electrons. The van der Waals surface area contributed by atoms with E-state index >= 15 is 0 Å². The Hall–Kier alpha value is -1.34. The topological polar surface area (TPSA) is 51.0 Å². The first-order chi connectivity index (χ1) is 5.43. The maximum Gasteiger partial charge on any atom is 0.227 e. The fraction of sp³-hybridized carbons (Fsp3) is 0.429. The molecule has 0 unspecified atom stereocenters. The van der Waals surface area contributed by atoms with Crippen LogP contribution in [-0.2, 0) is 6.42 Å². The molecule has 0 bridgehead atoms. The van der Waals surface area contributed by atoms with Gasteiger partial charge in [-0.1, -0.05) is 11.1 Å². The van der Waals surface area contributed by atoms with Gasteiger partial charge in [0.1, 0.15) is 0 Å². The van der Waals surface area contributed by atoms with Crippen molar-refractivity contribution in [2.24, 2.45) is 0 Å². The molecule has 1 aromatic heterocycles. The van der Waals surface area contributed by atoms with Gasteiger partial charge in [-0.2, -0.15) is 4.98 Å². The van der Waals surface area contributed by atoms with E-state index in [1.807, 2.05) is 0 Å². The molecule has 4 nitrogen and oxygen atoms in total. The van der Waals surface area contributed by atoms with Crippen LogP contribution in [0.2, 0.25) is 0 Å². The summed E-state index contributed by atoms with van der Waals surface area (Å²) in [6, 6.07) is 0. The molecule has 0 atom stereocenters. The molecule has 1 aromatic rings. The van der Waals surface area contributed by atoms with Crippen molar-refractivity contribution in [1.29, 1.82) is 0 Å². The summed E-state index contributed by atoms with van der Waals surface area (Å²) in [5, 5.41) is 6.48. The summed E-state index contributed by atoms with van der Waals surface area (Å²) >= 11 is 0. The van der Waals surface area contributed by atoms with Crippen molar-refractivity contribution >= 4 is 0 Å². The Bertz CT molecular complexity index is 224. The zero-order valence-corrected chi connectivity index (χ0v) is 6.08. The van der Waals surface area contributed by atoms with Crippen LogP contribution >= 0.6 is 0 Å². The maximum absolute atomic E-state index is 5.02. The highest BCUT2D eigenvalue weighted by atomic mass is 16.5. The average molecular weight is 151 g/mol. The van der Waals surface area contributed by atoms with Crippen LogP contribution in [0, 0.1) is 12.3 Å². The molecule has 1 N–H and O–H groups in total. The summed E-state index contributed by atoms with van der Waals surface area (Å²) in [6.45, 7) is 1.35. The molecule has 1 rings (SSSR count). The second kappa shape index (κ2) is 4.47. The fourth-order valence-corrected chi connectivity index (χ4v) is 0.662. The number of hydrogen-bond donors (Lipinski definition) is 1. The van der Waals surface area contributed by atoms with E-state index in [1.165, 1.54) is 6.33 Å². The first kappa shape index (κ1) is 7.76. The van der Waals surface area contributed by atoms with Crippen LogP contribution in [0.3, 0.4) is 0 Å². The summed E-state index contributed by atoms with van der Waals surface area (Å²) in [4.78, 5) is 3.84. The molecular weight excluding hydrogens is 142 g/mol. The van der Waals surface area contributed by atoms with E-state index in [2.05, 4.69) is 21.4 Å². The Morgan fingerprint density at radius 2 is 2.64 bits per heavy atom. The highest BCUT2D eigenvalue weighted by Crippen LogP contribution is 1.89. The molecule has 0 amide bonds. The first-order valence-electron chi connectivity index (χ1n) is 3.33. The lowest BCUT2D eigenvalue weighted by Gasteiger charge is -1.94. The smallest absolute Gasteiger partial charge is 0.227 e. The van der Waals surface area contributed by atoms with Gasteiger partial charge in [0.05, 0.1) is 6.54 Å². The minimum Gasteiger partial charge on any atom is -0.340 e. The van der Waals surface area contributed by atoms with Crippen molar-refractivity contribution in [2.75, 3.05) is 13.1 Å². The molecule has 0 aliphatic carbocycles. The molecule has 0 fully saturated rings. The Morgan fingerprint density at radius 3 is 3.27 bits per heavy atom. The predicted octanol–water partition coefficient (Wildman–Crippen LogP) is -0.165. The molecule has 0 aliphatic heterocycles. The molecule has 0 aliphatic rings. The fourth-order valence-electron chi connectivity index (χ4n) is 0.662. The third-order valence-corrected chi connectivity index (χ3v) is 1.15. The summed E-state index contributed by atoms with van der Waals surface area (Å²) in [5.74, 6) is 3.10. The summed E-state index contributed by atoms with van der Waals surface area (Å²) in [5.41, 5.74) is 0. The molecule has 0 spiro atoms. The lowest BCUT2D eigenvalue weighted by molar-refractivity contribution is 0.376. The number of hydrogen-bond acceptors (Lipinski definition) is 4. The zero-order valence-electron chi connectivity index (χ0n) is 6.08. The van der Waals surface area contributed by atoms with Gasteiger partial charge in [0.15, 0.2) is 6.33 Å². The summed E-state index contributed by atoms with van der Waals surface area (Å²) < 4.78 is 4.76. The van der Waals surface area contributed by atoms with Crippen LogP contribution < -0.4 is 5.32 Å². The van der Waals surface area contributed by atoms with E-state index in [0.29, 0.717) is 12.4 Å². The van der Waals surface area contributed by atoms with Crippen LogP contribution in [0.25, 0.3) is 0 Å². The lowest BCUT2D eigenvalue weighted by Crippen LogP contribution is -2.17. The molecular formula is C7H9N3O. The highest BCUT2D eigenvalue weighted by Gasteiger charge is 1.95. The van der Waals surface area contributed by atoms with E-state index in [0.717, 1.165) is 13.0 Å². The molecule has 0 saturated heterocycles. The molecule has 11 heavy (non-hydrogen) atoms. The Balaban J connectivity index is 2.10. The van der Waals surface area contributed by atoms with Gasteiger partial charge in [0, 0.05) is 13.0 Å². The maximum atomic E-state index is 5.02. The Kier molecular flexibility index (Phi) is 3.16. The van der Waals surface area contributed by atoms with Gasteiger partial charge in [0.25, 0.3) is 0 Å². The monoisotopic (exact) mass is 151 g/mol. The number of aromatic nitrogens is 2. The van der Waals surface area contributed by atoms with Gasteiger partial charge in [0.2, 0.25) is 5.89 Å². The van der Waals surface area contributed by atoms with Crippen molar-refractivity contribution in [2.45, 2.75) is 6.42 Å². The standard InChI is InChI=1S/C7H9N3O/c1-2-4-8-5-3-7-9-6-10-11-7/h1,6,8H,3-5H2. The van der Waals surface area contributed by atoms with E-state index in [9.17, 15) is 0 Å². The molecule has 0 aromatic carbocycles. The number of terminal acetylenes is 1. The second-order valence-electron chi connectivity index (χ2n) is 1.97. The third kappa shape index (κ3) is 2.83. The summed E-state index contributed by atoms with van der Waals surface area (Å²) in [6.07, 6.45) is 7.13. The van der Waals surface area contributed by atoms with E-state index < -0.39 is 0 Å². The van der Waals surface area contributed by atoms with Crippen molar-refractivity contribution in [1.82, 2.24) is 15.5 Å². The van der Waals surface area contributed by atoms with Gasteiger partial charge in [-0.05, 0) is 0 Å². The quantitative estimate of drug-likeness (QED) is 0.479. The normalized spacial score (nSPS) is 9.36. The van der Waals surface area contributed by atoms with Crippen molar-refractivity contribution < 1.29 is 4.52 Å². The molecule has 58 valence electrons. The predicted molar refractivity (Wildman–Crippen MR) is 39.7 cm³/mol. The van der Waals surface area contributed by atoms with Crippen LogP contribution in [0.5, 0.6) is 0 Å². The third-order valence-electron chi connectivity index (χ3n) is 1.15. The van der Waals surface area contributed by atoms with Crippen molar-refractivity contribution in [3.8, 4) is 12.3 Å². The van der Waals surface area contributed by atoms with Crippen LogP contribution in [0.4, 0.5) is 0 Å². The average Bonchev–Trinajstić information content (AvgIpc) is 2.50. The largest absolute Gasteiger partial charge is 0.340 e. The van der Waals surface area contributed by atoms with Crippen LogP contribution in [-0.4, -0.2) is 23.2 Å². The summed E-state index contributed by atoms with van der Waals surface area (Å²) in [7, 11) is 0. The Labute approximate surface area is 65.0 Å². The van der Waals surface area contributed by atoms with Crippen LogP contribution in [0.1, 0.15) is 5.89 Å². The second-order valence-corrected chi connectivity index (χ2v) is 1.97. The molecule has 0 saturated carbocycles. The zero-order chi connectivity index (χ0) is 7.94. The van der Waals surface area contributed by atoms with Gasteiger partial charge in [-0.3, -0.25) is 0 Å². The number of nitrogens with zero attached hydrogens (tertiary/aromatic N) is 2. The van der Waals surface area contributed by atoms with Gasteiger partial charge < -0.3 is 9.84 Å².